The molecular weight excluding hydrogens is 300 g/mol. The lowest BCUT2D eigenvalue weighted by molar-refractivity contribution is -0.123. The number of rotatable bonds is 6. The van der Waals surface area contributed by atoms with Gasteiger partial charge in [-0.15, -0.1) is 0 Å². The van der Waals surface area contributed by atoms with Crippen LogP contribution in [0.3, 0.4) is 0 Å². The van der Waals surface area contributed by atoms with Gasteiger partial charge in [0.1, 0.15) is 5.75 Å². The first-order chi connectivity index (χ1) is 10.7. The van der Waals surface area contributed by atoms with Gasteiger partial charge in [0.05, 0.1) is 0 Å². The number of aryl methyl sites for hydroxylation is 2. The molecule has 3 rings (SSSR count). The summed E-state index contributed by atoms with van der Waals surface area (Å²) in [6, 6.07) is 6.04. The van der Waals surface area contributed by atoms with Crippen LogP contribution in [0.4, 0.5) is 0 Å². The highest BCUT2D eigenvalue weighted by molar-refractivity contribution is 7.07. The van der Waals surface area contributed by atoms with Crippen molar-refractivity contribution < 1.29 is 9.53 Å². The first-order valence-corrected chi connectivity index (χ1v) is 8.27. The van der Waals surface area contributed by atoms with E-state index in [1.54, 1.807) is 5.38 Å². The van der Waals surface area contributed by atoms with Gasteiger partial charge >= 0.3 is 4.87 Å². The van der Waals surface area contributed by atoms with E-state index in [0.717, 1.165) is 35.6 Å². The number of hydrogen-bond donors (Lipinski definition) is 2. The number of H-pyrrole nitrogens is 1. The lowest BCUT2D eigenvalue weighted by Crippen LogP contribution is -2.30. The predicted octanol–water partition coefficient (Wildman–Crippen LogP) is 1.66. The Labute approximate surface area is 132 Å². The molecule has 1 aliphatic carbocycles. The second-order valence-electron chi connectivity index (χ2n) is 5.35. The molecule has 0 spiro atoms. The number of carbonyl (C=O) groups is 1. The van der Waals surface area contributed by atoms with Gasteiger partial charge in [-0.1, -0.05) is 17.4 Å². The highest BCUT2D eigenvalue weighted by atomic mass is 32.1. The molecule has 0 unspecified atom stereocenters. The standard InChI is InChI=1S/C16H18N2O3S/c19-15(17-7-6-13-10-22-16(20)18-13)9-21-14-5-4-11-2-1-3-12(11)8-14/h4-5,8,10H,1-3,6-7,9H2,(H,17,19)(H,18,20). The Hall–Kier alpha value is -2.08. The summed E-state index contributed by atoms with van der Waals surface area (Å²) >= 11 is 1.13. The summed E-state index contributed by atoms with van der Waals surface area (Å²) in [7, 11) is 0. The number of aromatic nitrogens is 1. The summed E-state index contributed by atoms with van der Waals surface area (Å²) in [6.45, 7) is 0.498. The van der Waals surface area contributed by atoms with Crippen LogP contribution in [0.15, 0.2) is 28.4 Å². The van der Waals surface area contributed by atoms with E-state index in [0.29, 0.717) is 13.0 Å². The third kappa shape index (κ3) is 3.76. The quantitative estimate of drug-likeness (QED) is 0.851. The second kappa shape index (κ2) is 6.79. The van der Waals surface area contributed by atoms with E-state index in [1.165, 1.54) is 17.5 Å². The molecular formula is C16H18N2O3S. The number of thiazole rings is 1. The van der Waals surface area contributed by atoms with E-state index in [9.17, 15) is 9.59 Å². The van der Waals surface area contributed by atoms with Crippen molar-refractivity contribution >= 4 is 17.2 Å². The minimum atomic E-state index is -0.155. The van der Waals surface area contributed by atoms with Gasteiger partial charge in [-0.25, -0.2) is 0 Å². The zero-order valence-electron chi connectivity index (χ0n) is 12.2. The molecule has 2 N–H and O–H groups in total. The third-order valence-electron chi connectivity index (χ3n) is 3.73. The molecule has 0 atom stereocenters. The average molecular weight is 318 g/mol. The molecule has 0 bridgehead atoms. The summed E-state index contributed by atoms with van der Waals surface area (Å²) in [5, 5.41) is 4.55. The van der Waals surface area contributed by atoms with Crippen molar-refractivity contribution in [2.24, 2.45) is 0 Å². The maximum atomic E-state index is 11.7. The molecule has 1 aliphatic rings. The lowest BCUT2D eigenvalue weighted by atomic mass is 10.1. The van der Waals surface area contributed by atoms with Gasteiger partial charge in [-0.05, 0) is 42.5 Å². The summed E-state index contributed by atoms with van der Waals surface area (Å²) in [5.41, 5.74) is 3.57. The Kier molecular flexibility index (Phi) is 4.58. The highest BCUT2D eigenvalue weighted by Gasteiger charge is 2.11. The first kappa shape index (κ1) is 14.8. The molecule has 116 valence electrons. The van der Waals surface area contributed by atoms with Gasteiger partial charge in [0.15, 0.2) is 6.61 Å². The third-order valence-corrected chi connectivity index (χ3v) is 4.45. The smallest absolute Gasteiger partial charge is 0.304 e. The second-order valence-corrected chi connectivity index (χ2v) is 6.19. The van der Waals surface area contributed by atoms with Gasteiger partial charge in [0.25, 0.3) is 5.91 Å². The van der Waals surface area contributed by atoms with Crippen LogP contribution in [-0.2, 0) is 24.1 Å². The van der Waals surface area contributed by atoms with E-state index in [1.807, 2.05) is 12.1 Å². The maximum absolute atomic E-state index is 11.7. The topological polar surface area (TPSA) is 71.2 Å². The highest BCUT2D eigenvalue weighted by Crippen LogP contribution is 2.25. The van der Waals surface area contributed by atoms with Crippen LogP contribution < -0.4 is 14.9 Å². The number of aromatic amines is 1. The minimum Gasteiger partial charge on any atom is -0.484 e. The molecule has 0 aliphatic heterocycles. The van der Waals surface area contributed by atoms with Crippen molar-refractivity contribution in [1.29, 1.82) is 0 Å². The van der Waals surface area contributed by atoms with Crippen LogP contribution in [0.25, 0.3) is 0 Å². The lowest BCUT2D eigenvalue weighted by Gasteiger charge is -2.08. The predicted molar refractivity (Wildman–Crippen MR) is 85.6 cm³/mol. The molecule has 0 radical (unpaired) electrons. The molecule has 1 aromatic carbocycles. The van der Waals surface area contributed by atoms with Crippen LogP contribution in [0.5, 0.6) is 5.75 Å². The summed E-state index contributed by atoms with van der Waals surface area (Å²) in [5.74, 6) is 0.594. The van der Waals surface area contributed by atoms with E-state index >= 15 is 0 Å². The zero-order valence-corrected chi connectivity index (χ0v) is 13.0. The molecule has 2 aromatic rings. The first-order valence-electron chi connectivity index (χ1n) is 7.39. The van der Waals surface area contributed by atoms with E-state index in [-0.39, 0.29) is 17.4 Å². The number of hydrogen-bond acceptors (Lipinski definition) is 4. The molecule has 0 saturated carbocycles. The molecule has 1 amide bonds. The zero-order chi connectivity index (χ0) is 15.4. The van der Waals surface area contributed by atoms with Crippen LogP contribution in [0.1, 0.15) is 23.2 Å². The van der Waals surface area contributed by atoms with Gasteiger partial charge in [-0.3, -0.25) is 9.59 Å². The number of ether oxygens (including phenoxy) is 1. The summed E-state index contributed by atoms with van der Waals surface area (Å²) in [4.78, 5) is 25.4. The number of benzene rings is 1. The number of fused-ring (bicyclic) bond motifs is 1. The Balaban J connectivity index is 1.41. The number of carbonyl (C=O) groups excluding carboxylic acids is 1. The van der Waals surface area contributed by atoms with Crippen molar-refractivity contribution in [3.8, 4) is 5.75 Å². The maximum Gasteiger partial charge on any atom is 0.304 e. The fourth-order valence-electron chi connectivity index (χ4n) is 2.61. The molecule has 0 saturated heterocycles. The molecule has 1 heterocycles. The number of amides is 1. The largest absolute Gasteiger partial charge is 0.484 e. The molecule has 5 nitrogen and oxygen atoms in total. The van der Waals surface area contributed by atoms with E-state index in [4.69, 9.17) is 4.74 Å². The van der Waals surface area contributed by atoms with Crippen molar-refractivity contribution in [3.05, 3.63) is 50.1 Å². The van der Waals surface area contributed by atoms with Crippen LogP contribution in [-0.4, -0.2) is 24.0 Å². The molecule has 22 heavy (non-hydrogen) atoms. The van der Waals surface area contributed by atoms with Crippen molar-refractivity contribution in [3.63, 3.8) is 0 Å². The van der Waals surface area contributed by atoms with Gasteiger partial charge in [0, 0.05) is 24.0 Å². The monoisotopic (exact) mass is 318 g/mol. The Morgan fingerprint density at radius 3 is 3.00 bits per heavy atom. The van der Waals surface area contributed by atoms with E-state index < -0.39 is 0 Å². The van der Waals surface area contributed by atoms with Crippen molar-refractivity contribution in [2.75, 3.05) is 13.2 Å². The molecule has 0 fully saturated rings. The van der Waals surface area contributed by atoms with Crippen molar-refractivity contribution in [1.82, 2.24) is 10.3 Å². The fourth-order valence-corrected chi connectivity index (χ4v) is 3.23. The Morgan fingerprint density at radius 2 is 2.18 bits per heavy atom. The Morgan fingerprint density at radius 1 is 1.32 bits per heavy atom. The van der Waals surface area contributed by atoms with Gasteiger partial charge < -0.3 is 15.0 Å². The molecule has 6 heteroatoms. The van der Waals surface area contributed by atoms with Gasteiger partial charge in [0.2, 0.25) is 0 Å². The van der Waals surface area contributed by atoms with Crippen molar-refractivity contribution in [2.45, 2.75) is 25.7 Å². The average Bonchev–Trinajstić information content (AvgIpc) is 3.13. The van der Waals surface area contributed by atoms with E-state index in [2.05, 4.69) is 16.4 Å². The summed E-state index contributed by atoms with van der Waals surface area (Å²) in [6.07, 6.45) is 4.05. The minimum absolute atomic E-state index is 0.0128. The normalized spacial score (nSPS) is 12.9. The van der Waals surface area contributed by atoms with Crippen LogP contribution in [0, 0.1) is 0 Å². The van der Waals surface area contributed by atoms with Gasteiger partial charge in [-0.2, -0.15) is 0 Å². The SMILES string of the molecule is O=C(COc1ccc2c(c1)CCC2)NCCc1csc(=O)[nH]1. The Bertz CT molecular complexity index is 720. The summed E-state index contributed by atoms with van der Waals surface area (Å²) < 4.78 is 5.53. The van der Waals surface area contributed by atoms with Crippen LogP contribution in [0.2, 0.25) is 0 Å². The van der Waals surface area contributed by atoms with Crippen LogP contribution >= 0.6 is 11.3 Å². The number of nitrogens with one attached hydrogen (secondary N) is 2. The molecule has 1 aromatic heterocycles. The fraction of sp³-hybridized carbons (Fsp3) is 0.375.